The first-order chi connectivity index (χ1) is 7.31. The summed E-state index contributed by atoms with van der Waals surface area (Å²) in [4.78, 5) is 16.9. The molecule has 0 spiro atoms. The maximum atomic E-state index is 11.3. The van der Waals surface area contributed by atoms with Gasteiger partial charge in [-0.3, -0.25) is 14.7 Å². The standard InChI is InChI=1S/C9H9N3O2S/c1-14-12-9(13)7-5-6(10-11-7)8-3-2-4-15-8/h2-5H,1H3,(H,10,11)(H,12,13). The smallest absolute Gasteiger partial charge is 0.277 e. The van der Waals surface area contributed by atoms with Crippen LogP contribution in [0.25, 0.3) is 10.6 Å². The summed E-state index contributed by atoms with van der Waals surface area (Å²) >= 11 is 1.58. The molecule has 0 aliphatic heterocycles. The van der Waals surface area contributed by atoms with Gasteiger partial charge in [0.05, 0.1) is 17.7 Å². The number of thiophene rings is 1. The van der Waals surface area contributed by atoms with E-state index in [2.05, 4.69) is 20.5 Å². The van der Waals surface area contributed by atoms with E-state index in [1.807, 2.05) is 17.5 Å². The summed E-state index contributed by atoms with van der Waals surface area (Å²) in [6.45, 7) is 0. The zero-order valence-electron chi connectivity index (χ0n) is 7.98. The summed E-state index contributed by atoms with van der Waals surface area (Å²) in [5.74, 6) is -0.364. The molecule has 0 aliphatic rings. The first kappa shape index (κ1) is 9.88. The molecule has 0 saturated heterocycles. The molecule has 1 amide bonds. The fourth-order valence-electron chi connectivity index (χ4n) is 1.14. The number of aromatic nitrogens is 2. The second-order valence-electron chi connectivity index (χ2n) is 2.78. The molecule has 0 unspecified atom stereocenters. The zero-order chi connectivity index (χ0) is 10.7. The van der Waals surface area contributed by atoms with Gasteiger partial charge in [0.2, 0.25) is 0 Å². The van der Waals surface area contributed by atoms with Gasteiger partial charge in [-0.1, -0.05) is 6.07 Å². The number of nitrogens with zero attached hydrogens (tertiary/aromatic N) is 1. The Morgan fingerprint density at radius 1 is 1.67 bits per heavy atom. The maximum absolute atomic E-state index is 11.3. The number of hydrogen-bond acceptors (Lipinski definition) is 4. The van der Waals surface area contributed by atoms with Crippen molar-refractivity contribution in [2.45, 2.75) is 0 Å². The summed E-state index contributed by atoms with van der Waals surface area (Å²) in [5, 5.41) is 8.64. The Hall–Kier alpha value is -1.66. The molecule has 0 fully saturated rings. The van der Waals surface area contributed by atoms with E-state index >= 15 is 0 Å². The van der Waals surface area contributed by atoms with Crippen LogP contribution >= 0.6 is 11.3 Å². The molecule has 6 heteroatoms. The quantitative estimate of drug-likeness (QED) is 0.773. The van der Waals surface area contributed by atoms with Gasteiger partial charge in [-0.15, -0.1) is 11.3 Å². The number of hydrogen-bond donors (Lipinski definition) is 2. The minimum absolute atomic E-state index is 0.306. The second kappa shape index (κ2) is 4.24. The maximum Gasteiger partial charge on any atom is 0.295 e. The molecule has 2 aromatic heterocycles. The Labute approximate surface area is 90.0 Å². The van der Waals surface area contributed by atoms with Gasteiger partial charge in [0.25, 0.3) is 5.91 Å². The summed E-state index contributed by atoms with van der Waals surface area (Å²) < 4.78 is 0. The van der Waals surface area contributed by atoms with Crippen molar-refractivity contribution in [2.75, 3.05) is 7.11 Å². The van der Waals surface area contributed by atoms with E-state index in [9.17, 15) is 4.79 Å². The number of H-pyrrole nitrogens is 1. The van der Waals surface area contributed by atoms with Crippen molar-refractivity contribution in [1.29, 1.82) is 0 Å². The number of rotatable bonds is 3. The van der Waals surface area contributed by atoms with Gasteiger partial charge in [0.15, 0.2) is 5.69 Å². The molecule has 78 valence electrons. The van der Waals surface area contributed by atoms with Gasteiger partial charge in [-0.25, -0.2) is 5.48 Å². The lowest BCUT2D eigenvalue weighted by Gasteiger charge is -1.95. The van der Waals surface area contributed by atoms with Crippen LogP contribution in [0.15, 0.2) is 23.6 Å². The van der Waals surface area contributed by atoms with Crippen molar-refractivity contribution in [3.05, 3.63) is 29.3 Å². The molecule has 0 bridgehead atoms. The Kier molecular flexibility index (Phi) is 2.79. The van der Waals surface area contributed by atoms with Crippen molar-refractivity contribution < 1.29 is 9.63 Å². The van der Waals surface area contributed by atoms with Gasteiger partial charge in [0, 0.05) is 0 Å². The van der Waals surface area contributed by atoms with Crippen LogP contribution < -0.4 is 5.48 Å². The normalized spacial score (nSPS) is 10.2. The number of carbonyl (C=O) groups excluding carboxylic acids is 1. The highest BCUT2D eigenvalue weighted by Gasteiger charge is 2.10. The molecule has 0 aromatic carbocycles. The van der Waals surface area contributed by atoms with Gasteiger partial charge in [-0.05, 0) is 17.5 Å². The van der Waals surface area contributed by atoms with E-state index in [1.165, 1.54) is 7.11 Å². The van der Waals surface area contributed by atoms with Crippen LogP contribution in [0, 0.1) is 0 Å². The van der Waals surface area contributed by atoms with Crippen molar-refractivity contribution in [1.82, 2.24) is 15.7 Å². The van der Waals surface area contributed by atoms with Crippen LogP contribution in [0.1, 0.15) is 10.5 Å². The largest absolute Gasteiger partial charge is 0.295 e. The molecule has 0 saturated carbocycles. The lowest BCUT2D eigenvalue weighted by Crippen LogP contribution is -2.22. The number of aromatic amines is 1. The highest BCUT2D eigenvalue weighted by molar-refractivity contribution is 7.13. The average molecular weight is 223 g/mol. The zero-order valence-corrected chi connectivity index (χ0v) is 8.80. The van der Waals surface area contributed by atoms with Crippen LogP contribution in [0.4, 0.5) is 0 Å². The number of hydroxylamine groups is 1. The van der Waals surface area contributed by atoms with Crippen molar-refractivity contribution in [3.63, 3.8) is 0 Å². The molecule has 15 heavy (non-hydrogen) atoms. The van der Waals surface area contributed by atoms with Crippen molar-refractivity contribution in [2.24, 2.45) is 0 Å². The summed E-state index contributed by atoms with van der Waals surface area (Å²) in [7, 11) is 1.38. The van der Waals surface area contributed by atoms with Crippen LogP contribution in [0.5, 0.6) is 0 Å². The lowest BCUT2D eigenvalue weighted by atomic mass is 10.3. The van der Waals surface area contributed by atoms with Gasteiger partial charge in [0.1, 0.15) is 0 Å². The molecule has 0 radical (unpaired) electrons. The van der Waals surface area contributed by atoms with Crippen LogP contribution in [0.3, 0.4) is 0 Å². The Balaban J connectivity index is 2.21. The van der Waals surface area contributed by atoms with E-state index in [1.54, 1.807) is 17.4 Å². The van der Waals surface area contributed by atoms with Crippen LogP contribution in [-0.2, 0) is 4.84 Å². The fourth-order valence-corrected chi connectivity index (χ4v) is 1.83. The van der Waals surface area contributed by atoms with Crippen molar-refractivity contribution >= 4 is 17.2 Å². The molecule has 0 atom stereocenters. The number of nitrogens with one attached hydrogen (secondary N) is 2. The van der Waals surface area contributed by atoms with E-state index in [0.717, 1.165) is 10.6 Å². The first-order valence-electron chi connectivity index (χ1n) is 4.24. The molecule has 5 nitrogen and oxygen atoms in total. The highest BCUT2D eigenvalue weighted by atomic mass is 32.1. The van der Waals surface area contributed by atoms with Gasteiger partial charge in [-0.2, -0.15) is 5.10 Å². The predicted octanol–water partition coefficient (Wildman–Crippen LogP) is 1.43. The first-order valence-corrected chi connectivity index (χ1v) is 5.12. The monoisotopic (exact) mass is 223 g/mol. The lowest BCUT2D eigenvalue weighted by molar-refractivity contribution is 0.0532. The molecule has 0 aliphatic carbocycles. The third kappa shape index (κ3) is 2.05. The van der Waals surface area contributed by atoms with E-state index in [-0.39, 0.29) is 5.91 Å². The number of carbonyl (C=O) groups is 1. The summed E-state index contributed by atoms with van der Waals surface area (Å²) in [5.41, 5.74) is 3.33. The van der Waals surface area contributed by atoms with Crippen LogP contribution in [-0.4, -0.2) is 23.2 Å². The molecular formula is C9H9N3O2S. The average Bonchev–Trinajstić information content (AvgIpc) is 2.89. The third-order valence-electron chi connectivity index (χ3n) is 1.79. The Bertz CT molecular complexity index is 450. The van der Waals surface area contributed by atoms with E-state index in [4.69, 9.17) is 0 Å². The molecule has 2 heterocycles. The second-order valence-corrected chi connectivity index (χ2v) is 3.73. The summed E-state index contributed by atoms with van der Waals surface area (Å²) in [6.07, 6.45) is 0. The molecule has 2 aromatic rings. The summed E-state index contributed by atoms with van der Waals surface area (Å²) in [6, 6.07) is 5.58. The predicted molar refractivity (Wildman–Crippen MR) is 56.4 cm³/mol. The van der Waals surface area contributed by atoms with Gasteiger partial charge < -0.3 is 0 Å². The van der Waals surface area contributed by atoms with E-state index in [0.29, 0.717) is 5.69 Å². The van der Waals surface area contributed by atoms with Crippen molar-refractivity contribution in [3.8, 4) is 10.6 Å². The minimum atomic E-state index is -0.364. The topological polar surface area (TPSA) is 67.0 Å². The SMILES string of the molecule is CONC(=O)c1cc(-c2cccs2)[nH]n1. The fraction of sp³-hybridized carbons (Fsp3) is 0.111. The van der Waals surface area contributed by atoms with Crippen LogP contribution in [0.2, 0.25) is 0 Å². The highest BCUT2D eigenvalue weighted by Crippen LogP contribution is 2.22. The van der Waals surface area contributed by atoms with Gasteiger partial charge >= 0.3 is 0 Å². The van der Waals surface area contributed by atoms with E-state index < -0.39 is 0 Å². The molecular weight excluding hydrogens is 214 g/mol. The molecule has 2 N–H and O–H groups in total. The number of amides is 1. The Morgan fingerprint density at radius 3 is 3.20 bits per heavy atom. The molecule has 2 rings (SSSR count). The minimum Gasteiger partial charge on any atom is -0.277 e. The third-order valence-corrected chi connectivity index (χ3v) is 2.70. The Morgan fingerprint density at radius 2 is 2.53 bits per heavy atom.